The maximum absolute atomic E-state index is 12.2. The van der Waals surface area contributed by atoms with Crippen molar-refractivity contribution in [3.8, 4) is 0 Å². The first-order chi connectivity index (χ1) is 7.13. The lowest BCUT2D eigenvalue weighted by Crippen LogP contribution is -2.32. The summed E-state index contributed by atoms with van der Waals surface area (Å²) in [4.78, 5) is 9.32. The molecule has 0 aliphatic carbocycles. The van der Waals surface area contributed by atoms with Crippen molar-refractivity contribution in [3.63, 3.8) is 0 Å². The minimum Gasteiger partial charge on any atom is -0.334 e. The SMILES string of the molecule is Cc1cnc(N(CCCl)CC(F)F)nc1. The summed E-state index contributed by atoms with van der Waals surface area (Å²) in [6, 6.07) is 0. The van der Waals surface area contributed by atoms with Crippen LogP contribution in [0.15, 0.2) is 12.4 Å². The number of halogens is 3. The molecule has 0 saturated carbocycles. The van der Waals surface area contributed by atoms with E-state index in [0.717, 1.165) is 5.56 Å². The third-order valence-electron chi connectivity index (χ3n) is 1.76. The molecule has 0 N–H and O–H groups in total. The Morgan fingerprint density at radius 1 is 1.40 bits per heavy atom. The van der Waals surface area contributed by atoms with Gasteiger partial charge in [0.15, 0.2) is 0 Å². The van der Waals surface area contributed by atoms with Gasteiger partial charge in [-0.1, -0.05) is 0 Å². The molecule has 15 heavy (non-hydrogen) atoms. The van der Waals surface area contributed by atoms with Gasteiger partial charge < -0.3 is 4.90 Å². The Morgan fingerprint density at radius 3 is 2.47 bits per heavy atom. The van der Waals surface area contributed by atoms with Gasteiger partial charge in [-0.15, -0.1) is 11.6 Å². The molecule has 1 aromatic heterocycles. The first kappa shape index (κ1) is 12.1. The van der Waals surface area contributed by atoms with Gasteiger partial charge in [0.1, 0.15) is 0 Å². The van der Waals surface area contributed by atoms with E-state index in [0.29, 0.717) is 12.5 Å². The van der Waals surface area contributed by atoms with Crippen LogP contribution in [0.2, 0.25) is 0 Å². The molecule has 0 atom stereocenters. The summed E-state index contributed by atoms with van der Waals surface area (Å²) in [7, 11) is 0. The van der Waals surface area contributed by atoms with E-state index < -0.39 is 13.0 Å². The number of aromatic nitrogens is 2. The fraction of sp³-hybridized carbons (Fsp3) is 0.556. The molecule has 1 rings (SSSR count). The van der Waals surface area contributed by atoms with E-state index in [4.69, 9.17) is 11.6 Å². The molecule has 0 aromatic carbocycles. The number of nitrogens with zero attached hydrogens (tertiary/aromatic N) is 3. The molecule has 0 radical (unpaired) electrons. The zero-order valence-electron chi connectivity index (χ0n) is 8.33. The second-order valence-electron chi connectivity index (χ2n) is 3.09. The fourth-order valence-electron chi connectivity index (χ4n) is 1.09. The highest BCUT2D eigenvalue weighted by molar-refractivity contribution is 6.18. The van der Waals surface area contributed by atoms with Crippen LogP contribution in [0.3, 0.4) is 0 Å². The van der Waals surface area contributed by atoms with Crippen LogP contribution in [-0.2, 0) is 0 Å². The first-order valence-electron chi connectivity index (χ1n) is 4.51. The summed E-state index contributed by atoms with van der Waals surface area (Å²) in [6.07, 6.45) is 0.766. The Morgan fingerprint density at radius 2 is 2.00 bits per heavy atom. The smallest absolute Gasteiger partial charge is 0.255 e. The van der Waals surface area contributed by atoms with E-state index >= 15 is 0 Å². The third-order valence-corrected chi connectivity index (χ3v) is 1.93. The van der Waals surface area contributed by atoms with Crippen LogP contribution < -0.4 is 4.90 Å². The molecule has 0 aliphatic heterocycles. The van der Waals surface area contributed by atoms with Gasteiger partial charge in [-0.3, -0.25) is 0 Å². The number of anilines is 1. The molecule has 0 saturated heterocycles. The van der Waals surface area contributed by atoms with Crippen molar-refractivity contribution in [3.05, 3.63) is 18.0 Å². The minimum absolute atomic E-state index is 0.268. The van der Waals surface area contributed by atoms with Crippen LogP contribution in [0.1, 0.15) is 5.56 Å². The minimum atomic E-state index is -2.42. The van der Waals surface area contributed by atoms with Crippen LogP contribution >= 0.6 is 11.6 Å². The Bertz CT molecular complexity index is 292. The Labute approximate surface area is 92.1 Å². The molecule has 0 aliphatic rings. The molecule has 0 amide bonds. The average molecular weight is 236 g/mol. The quantitative estimate of drug-likeness (QED) is 0.732. The van der Waals surface area contributed by atoms with Gasteiger partial charge in [0.05, 0.1) is 6.54 Å². The first-order valence-corrected chi connectivity index (χ1v) is 5.04. The van der Waals surface area contributed by atoms with Gasteiger partial charge in [-0.05, 0) is 12.5 Å². The summed E-state index contributed by atoms with van der Waals surface area (Å²) in [5.41, 5.74) is 0.890. The van der Waals surface area contributed by atoms with Crippen molar-refractivity contribution < 1.29 is 8.78 Å². The number of alkyl halides is 3. The van der Waals surface area contributed by atoms with Crippen molar-refractivity contribution in [2.24, 2.45) is 0 Å². The van der Waals surface area contributed by atoms with E-state index in [1.54, 1.807) is 12.4 Å². The van der Waals surface area contributed by atoms with Crippen molar-refractivity contribution in [1.82, 2.24) is 9.97 Å². The number of aryl methyl sites for hydroxylation is 1. The van der Waals surface area contributed by atoms with Crippen LogP contribution in [0.5, 0.6) is 0 Å². The standard InChI is InChI=1S/C9H12ClF2N3/c1-7-4-13-9(14-5-7)15(3-2-10)6-8(11)12/h4-5,8H,2-3,6H2,1H3. The number of hydrogen-bond acceptors (Lipinski definition) is 3. The third kappa shape index (κ3) is 3.95. The topological polar surface area (TPSA) is 29.0 Å². The van der Waals surface area contributed by atoms with E-state index in [1.807, 2.05) is 6.92 Å². The van der Waals surface area contributed by atoms with Crippen LogP contribution in [-0.4, -0.2) is 35.4 Å². The number of hydrogen-bond donors (Lipinski definition) is 0. The van der Waals surface area contributed by atoms with E-state index in [-0.39, 0.29) is 5.88 Å². The summed E-state index contributed by atoms with van der Waals surface area (Å²) in [5, 5.41) is 0. The van der Waals surface area contributed by atoms with Gasteiger partial charge in [0.25, 0.3) is 6.43 Å². The predicted octanol–water partition coefficient (Wildman–Crippen LogP) is 2.10. The highest BCUT2D eigenvalue weighted by atomic mass is 35.5. The Balaban J connectivity index is 2.74. The van der Waals surface area contributed by atoms with Gasteiger partial charge in [0, 0.05) is 24.8 Å². The molecule has 1 heterocycles. The summed E-state index contributed by atoms with van der Waals surface area (Å²) in [6.45, 7) is 1.76. The molecule has 6 heteroatoms. The van der Waals surface area contributed by atoms with Crippen LogP contribution in [0.4, 0.5) is 14.7 Å². The molecule has 0 spiro atoms. The molecule has 1 aromatic rings. The second kappa shape index (κ2) is 5.80. The Kier molecular flexibility index (Phi) is 4.68. The summed E-state index contributed by atoms with van der Waals surface area (Å²) >= 11 is 5.52. The van der Waals surface area contributed by atoms with Crippen molar-refractivity contribution in [2.75, 3.05) is 23.9 Å². The monoisotopic (exact) mass is 235 g/mol. The van der Waals surface area contributed by atoms with Crippen LogP contribution in [0.25, 0.3) is 0 Å². The summed E-state index contributed by atoms with van der Waals surface area (Å²) < 4.78 is 24.5. The highest BCUT2D eigenvalue weighted by Crippen LogP contribution is 2.09. The van der Waals surface area contributed by atoms with E-state index in [1.165, 1.54) is 4.90 Å². The molecule has 0 fully saturated rings. The van der Waals surface area contributed by atoms with Crippen molar-refractivity contribution in [2.45, 2.75) is 13.3 Å². The summed E-state index contributed by atoms with van der Waals surface area (Å²) in [5.74, 6) is 0.561. The molecule has 0 unspecified atom stereocenters. The zero-order chi connectivity index (χ0) is 11.3. The van der Waals surface area contributed by atoms with E-state index in [2.05, 4.69) is 9.97 Å². The molecule has 3 nitrogen and oxygen atoms in total. The predicted molar refractivity (Wildman–Crippen MR) is 55.7 cm³/mol. The van der Waals surface area contributed by atoms with Crippen LogP contribution in [0, 0.1) is 6.92 Å². The number of rotatable bonds is 5. The maximum atomic E-state index is 12.2. The lowest BCUT2D eigenvalue weighted by molar-refractivity contribution is 0.154. The Hall–Kier alpha value is -0.970. The van der Waals surface area contributed by atoms with Gasteiger partial charge in [-0.2, -0.15) is 0 Å². The molecule has 0 bridgehead atoms. The van der Waals surface area contributed by atoms with Gasteiger partial charge in [0.2, 0.25) is 5.95 Å². The lowest BCUT2D eigenvalue weighted by atomic mass is 10.4. The molecule has 84 valence electrons. The van der Waals surface area contributed by atoms with Gasteiger partial charge in [-0.25, -0.2) is 18.7 Å². The van der Waals surface area contributed by atoms with Gasteiger partial charge >= 0.3 is 0 Å². The lowest BCUT2D eigenvalue weighted by Gasteiger charge is -2.20. The zero-order valence-corrected chi connectivity index (χ0v) is 9.08. The van der Waals surface area contributed by atoms with E-state index in [9.17, 15) is 8.78 Å². The van der Waals surface area contributed by atoms with Crippen molar-refractivity contribution >= 4 is 17.5 Å². The molecular weight excluding hydrogens is 224 g/mol. The molecular formula is C9H12ClF2N3. The largest absolute Gasteiger partial charge is 0.334 e. The highest BCUT2D eigenvalue weighted by Gasteiger charge is 2.14. The second-order valence-corrected chi connectivity index (χ2v) is 3.46. The maximum Gasteiger partial charge on any atom is 0.255 e. The normalized spacial score (nSPS) is 10.7. The average Bonchev–Trinajstić information content (AvgIpc) is 2.17. The van der Waals surface area contributed by atoms with Crippen molar-refractivity contribution in [1.29, 1.82) is 0 Å². The fourth-order valence-corrected chi connectivity index (χ4v) is 1.29.